The Kier molecular flexibility index (Phi) is 4.04. The third-order valence-electron chi connectivity index (χ3n) is 2.11. The number of carbonyl (C=O) groups is 1. The third kappa shape index (κ3) is 3.69. The van der Waals surface area contributed by atoms with Crippen molar-refractivity contribution in [2.24, 2.45) is 5.73 Å². The molecular formula is C8H19N3O. The molecule has 72 valence electrons. The maximum atomic E-state index is 10.4. The molecule has 3 N–H and O–H groups in total. The predicted octanol–water partition coefficient (Wildman–Crippen LogP) is -0.597. The highest BCUT2D eigenvalue weighted by Crippen LogP contribution is 1.96. The van der Waals surface area contributed by atoms with E-state index in [1.807, 2.05) is 0 Å². The summed E-state index contributed by atoms with van der Waals surface area (Å²) in [4.78, 5) is 12.8. The van der Waals surface area contributed by atoms with Gasteiger partial charge in [0.2, 0.25) is 5.91 Å². The van der Waals surface area contributed by atoms with Crippen LogP contribution in [0.1, 0.15) is 14.3 Å². The second-order valence-electron chi connectivity index (χ2n) is 3.16. The van der Waals surface area contributed by atoms with Crippen LogP contribution in [0.5, 0.6) is 0 Å². The standard InChI is InChI=1S/C8H17N3O.H2/c9-8(12)2-1-5-11-6-3-10-4-7-11;/h10H,1-7H2,(H2,9,12);1H. The van der Waals surface area contributed by atoms with Crippen molar-refractivity contribution in [3.63, 3.8) is 0 Å². The maximum Gasteiger partial charge on any atom is 0.217 e. The van der Waals surface area contributed by atoms with Crippen molar-refractivity contribution in [2.45, 2.75) is 12.8 Å². The normalized spacial score (nSPS) is 19.3. The highest BCUT2D eigenvalue weighted by Gasteiger charge is 2.08. The van der Waals surface area contributed by atoms with E-state index in [0.29, 0.717) is 6.42 Å². The van der Waals surface area contributed by atoms with E-state index in [1.165, 1.54) is 0 Å². The van der Waals surface area contributed by atoms with E-state index in [0.717, 1.165) is 39.1 Å². The number of primary amides is 1. The first-order chi connectivity index (χ1) is 5.79. The molecule has 1 aliphatic rings. The van der Waals surface area contributed by atoms with Crippen molar-refractivity contribution < 1.29 is 6.22 Å². The zero-order valence-corrected chi connectivity index (χ0v) is 7.38. The van der Waals surface area contributed by atoms with Gasteiger partial charge in [-0.05, 0) is 13.0 Å². The Labute approximate surface area is 74.6 Å². The van der Waals surface area contributed by atoms with Crippen LogP contribution in [0.15, 0.2) is 0 Å². The molecule has 1 heterocycles. The highest BCUT2D eigenvalue weighted by atomic mass is 16.1. The largest absolute Gasteiger partial charge is 0.370 e. The van der Waals surface area contributed by atoms with Gasteiger partial charge in [0.15, 0.2) is 0 Å². The molecule has 4 heteroatoms. The summed E-state index contributed by atoms with van der Waals surface area (Å²) in [7, 11) is 0. The lowest BCUT2D eigenvalue weighted by Crippen LogP contribution is -2.43. The number of hydrogen-bond acceptors (Lipinski definition) is 3. The molecule has 1 rings (SSSR count). The molecule has 0 unspecified atom stereocenters. The first kappa shape index (κ1) is 9.48. The van der Waals surface area contributed by atoms with Crippen molar-refractivity contribution in [3.05, 3.63) is 0 Å². The van der Waals surface area contributed by atoms with Crippen molar-refractivity contribution in [3.8, 4) is 0 Å². The molecule has 1 amide bonds. The lowest BCUT2D eigenvalue weighted by atomic mass is 10.2. The molecule has 0 aromatic carbocycles. The SMILES string of the molecule is NC(=O)CCCN1CCNCC1.[HH]. The summed E-state index contributed by atoms with van der Waals surface area (Å²) in [6, 6.07) is 0. The van der Waals surface area contributed by atoms with Gasteiger partial charge in [-0.1, -0.05) is 0 Å². The third-order valence-corrected chi connectivity index (χ3v) is 2.11. The number of hydrogen-bond donors (Lipinski definition) is 2. The lowest BCUT2D eigenvalue weighted by Gasteiger charge is -2.26. The summed E-state index contributed by atoms with van der Waals surface area (Å²) in [6.07, 6.45) is 1.42. The molecule has 0 aliphatic carbocycles. The number of carbonyl (C=O) groups excluding carboxylic acids is 1. The van der Waals surface area contributed by atoms with E-state index in [-0.39, 0.29) is 7.33 Å². The van der Waals surface area contributed by atoms with Gasteiger partial charge in [-0.2, -0.15) is 0 Å². The van der Waals surface area contributed by atoms with Crippen molar-refractivity contribution in [2.75, 3.05) is 32.7 Å². The molecule has 0 atom stereocenters. The minimum Gasteiger partial charge on any atom is -0.370 e. The Hall–Kier alpha value is -0.610. The zero-order chi connectivity index (χ0) is 8.81. The number of nitrogens with two attached hydrogens (primary N) is 1. The minimum atomic E-state index is -0.190. The van der Waals surface area contributed by atoms with Crippen LogP contribution >= 0.6 is 0 Å². The first-order valence-corrected chi connectivity index (χ1v) is 4.50. The molecule has 0 aromatic rings. The summed E-state index contributed by atoms with van der Waals surface area (Å²) in [5.41, 5.74) is 5.04. The van der Waals surface area contributed by atoms with E-state index in [1.54, 1.807) is 0 Å². The van der Waals surface area contributed by atoms with E-state index in [2.05, 4.69) is 10.2 Å². The Bertz CT molecular complexity index is 148. The molecule has 0 spiro atoms. The van der Waals surface area contributed by atoms with Gasteiger partial charge in [-0.3, -0.25) is 4.79 Å². The van der Waals surface area contributed by atoms with Gasteiger partial charge in [0, 0.05) is 34.0 Å². The molecule has 12 heavy (non-hydrogen) atoms. The fourth-order valence-corrected chi connectivity index (χ4v) is 1.41. The van der Waals surface area contributed by atoms with Crippen LogP contribution in [-0.4, -0.2) is 43.5 Å². The van der Waals surface area contributed by atoms with Crippen LogP contribution in [0.3, 0.4) is 0 Å². The van der Waals surface area contributed by atoms with Crippen molar-refractivity contribution >= 4 is 5.91 Å². The molecule has 1 fully saturated rings. The maximum absolute atomic E-state index is 10.4. The second-order valence-corrected chi connectivity index (χ2v) is 3.16. The molecule has 0 radical (unpaired) electrons. The number of nitrogens with zero attached hydrogens (tertiary/aromatic N) is 1. The lowest BCUT2D eigenvalue weighted by molar-refractivity contribution is -0.118. The van der Waals surface area contributed by atoms with Gasteiger partial charge < -0.3 is 16.0 Å². The number of piperazine rings is 1. The van der Waals surface area contributed by atoms with Gasteiger partial charge in [0.05, 0.1) is 0 Å². The number of amides is 1. The number of rotatable bonds is 4. The van der Waals surface area contributed by atoms with Gasteiger partial charge in [0.1, 0.15) is 0 Å². The number of nitrogens with one attached hydrogen (secondary N) is 1. The predicted molar refractivity (Wildman–Crippen MR) is 49.9 cm³/mol. The van der Waals surface area contributed by atoms with E-state index in [9.17, 15) is 4.79 Å². The van der Waals surface area contributed by atoms with Gasteiger partial charge in [-0.15, -0.1) is 0 Å². The summed E-state index contributed by atoms with van der Waals surface area (Å²) < 4.78 is 0. The van der Waals surface area contributed by atoms with Crippen molar-refractivity contribution in [1.82, 2.24) is 10.2 Å². The van der Waals surface area contributed by atoms with Crippen LogP contribution in [0.25, 0.3) is 0 Å². The zero-order valence-electron chi connectivity index (χ0n) is 7.38. The monoisotopic (exact) mass is 173 g/mol. The average molecular weight is 173 g/mol. The van der Waals surface area contributed by atoms with E-state index in [4.69, 9.17) is 5.73 Å². The molecule has 0 aromatic heterocycles. The summed E-state index contributed by atoms with van der Waals surface area (Å²) in [5.74, 6) is -0.190. The minimum absolute atomic E-state index is 0. The second kappa shape index (κ2) is 5.11. The molecule has 1 aliphatic heterocycles. The summed E-state index contributed by atoms with van der Waals surface area (Å²) in [5, 5.41) is 3.28. The molecular weight excluding hydrogens is 154 g/mol. The van der Waals surface area contributed by atoms with Crippen LogP contribution in [0.2, 0.25) is 0 Å². The fourth-order valence-electron chi connectivity index (χ4n) is 1.41. The smallest absolute Gasteiger partial charge is 0.217 e. The van der Waals surface area contributed by atoms with E-state index < -0.39 is 0 Å². The quantitative estimate of drug-likeness (QED) is 0.597. The topological polar surface area (TPSA) is 58.4 Å². The Morgan fingerprint density at radius 2 is 2.17 bits per heavy atom. The van der Waals surface area contributed by atoms with Crippen LogP contribution in [0, 0.1) is 0 Å². The Balaban J connectivity index is 0.00000144. The molecule has 1 saturated heterocycles. The van der Waals surface area contributed by atoms with Gasteiger partial charge >= 0.3 is 0 Å². The molecule has 0 saturated carbocycles. The fraction of sp³-hybridized carbons (Fsp3) is 0.875. The van der Waals surface area contributed by atoms with Crippen LogP contribution in [0.4, 0.5) is 0 Å². The van der Waals surface area contributed by atoms with Crippen LogP contribution in [-0.2, 0) is 4.79 Å². The Morgan fingerprint density at radius 3 is 2.75 bits per heavy atom. The summed E-state index contributed by atoms with van der Waals surface area (Å²) in [6.45, 7) is 5.33. The first-order valence-electron chi connectivity index (χ1n) is 4.50. The molecule has 0 bridgehead atoms. The van der Waals surface area contributed by atoms with Crippen molar-refractivity contribution in [1.29, 1.82) is 0 Å². The Morgan fingerprint density at radius 1 is 1.50 bits per heavy atom. The molecule has 4 nitrogen and oxygen atoms in total. The van der Waals surface area contributed by atoms with E-state index >= 15 is 0 Å². The van der Waals surface area contributed by atoms with Gasteiger partial charge in [-0.25, -0.2) is 0 Å². The summed E-state index contributed by atoms with van der Waals surface area (Å²) >= 11 is 0. The van der Waals surface area contributed by atoms with Gasteiger partial charge in [0.25, 0.3) is 0 Å². The highest BCUT2D eigenvalue weighted by molar-refractivity contribution is 5.73. The van der Waals surface area contributed by atoms with Crippen LogP contribution < -0.4 is 11.1 Å². The average Bonchev–Trinajstić information content (AvgIpc) is 2.05.